The quantitative estimate of drug-likeness (QED) is 0.302. The van der Waals surface area contributed by atoms with E-state index in [9.17, 15) is 19.2 Å². The van der Waals surface area contributed by atoms with Gasteiger partial charge in [0.2, 0.25) is 17.7 Å². The number of hydrogen-bond donors (Lipinski definition) is 2. The lowest BCUT2D eigenvalue weighted by atomic mass is 10.0. The van der Waals surface area contributed by atoms with Crippen LogP contribution in [-0.2, 0) is 9.59 Å². The Hall–Kier alpha value is -3.99. The van der Waals surface area contributed by atoms with Crippen molar-refractivity contribution in [3.63, 3.8) is 0 Å². The van der Waals surface area contributed by atoms with E-state index in [2.05, 4.69) is 20.1 Å². The van der Waals surface area contributed by atoms with Gasteiger partial charge in [0.05, 0.1) is 12.2 Å². The van der Waals surface area contributed by atoms with Crippen molar-refractivity contribution in [2.45, 2.75) is 45.1 Å². The molecule has 1 aromatic carbocycles. The number of rotatable bonds is 12. The van der Waals surface area contributed by atoms with Gasteiger partial charge in [0.25, 0.3) is 5.91 Å². The fraction of sp³-hybridized carbons (Fsp3) is 0.483. The van der Waals surface area contributed by atoms with E-state index in [4.69, 9.17) is 10.5 Å². The third-order valence-corrected chi connectivity index (χ3v) is 7.41. The molecule has 0 saturated carbocycles. The second kappa shape index (κ2) is 13.9. The van der Waals surface area contributed by atoms with E-state index in [1.54, 1.807) is 30.3 Å². The average molecular weight is 551 g/mol. The van der Waals surface area contributed by atoms with E-state index >= 15 is 0 Å². The molecule has 2 aliphatic heterocycles. The molecule has 4 rings (SSSR count). The van der Waals surface area contributed by atoms with Gasteiger partial charge >= 0.3 is 0 Å². The lowest BCUT2D eigenvalue weighted by Gasteiger charge is -2.35. The molecule has 11 heteroatoms. The zero-order valence-corrected chi connectivity index (χ0v) is 23.0. The number of imide groups is 1. The normalized spacial score (nSPS) is 17.8. The van der Waals surface area contributed by atoms with E-state index in [0.717, 1.165) is 57.8 Å². The molecular formula is C29H38N6O5. The largest absolute Gasteiger partial charge is 0.494 e. The van der Waals surface area contributed by atoms with Gasteiger partial charge in [-0.25, -0.2) is 4.98 Å². The number of likely N-dealkylation sites (N-methyl/N-ethyl adjacent to an activating group) is 1. The molecule has 1 aromatic heterocycles. The molecule has 2 aromatic rings. The SMILES string of the molecule is CCN(C(=O)c1ccc(OCCCCCN2CCN(c3ccc(C(N)=O)cn3)CC2)cc1)C1CCC(=O)NC1=O. The predicted octanol–water partition coefficient (Wildman–Crippen LogP) is 1.82. The first kappa shape index (κ1) is 29.0. The van der Waals surface area contributed by atoms with Crippen LogP contribution in [0.15, 0.2) is 42.6 Å². The van der Waals surface area contributed by atoms with E-state index in [-0.39, 0.29) is 18.2 Å². The first-order chi connectivity index (χ1) is 19.4. The maximum Gasteiger partial charge on any atom is 0.254 e. The van der Waals surface area contributed by atoms with Gasteiger partial charge in [0.15, 0.2) is 0 Å². The maximum atomic E-state index is 13.0. The minimum atomic E-state index is -0.631. The second-order valence-electron chi connectivity index (χ2n) is 10.1. The van der Waals surface area contributed by atoms with Crippen molar-refractivity contribution in [1.82, 2.24) is 20.1 Å². The second-order valence-corrected chi connectivity index (χ2v) is 10.1. The number of nitrogens with zero attached hydrogens (tertiary/aromatic N) is 4. The Kier molecular flexibility index (Phi) is 10.1. The fourth-order valence-corrected chi connectivity index (χ4v) is 5.07. The third kappa shape index (κ3) is 7.56. The predicted molar refractivity (Wildman–Crippen MR) is 150 cm³/mol. The standard InChI is InChI=1S/C29H38N6O5/c1-2-35(24-11-13-26(36)32-28(24)38)29(39)21-6-9-23(10-7-21)40-19-5-3-4-14-33-15-17-34(18-16-33)25-12-8-22(20-31-25)27(30)37/h6-10,12,20,24H,2-5,11,13-19H2,1H3,(H2,30,37)(H,32,36,38). The molecule has 40 heavy (non-hydrogen) atoms. The first-order valence-electron chi connectivity index (χ1n) is 14.0. The van der Waals surface area contributed by atoms with Crippen molar-refractivity contribution in [2.75, 3.05) is 50.8 Å². The summed E-state index contributed by atoms with van der Waals surface area (Å²) in [6.45, 7) is 7.58. The smallest absolute Gasteiger partial charge is 0.254 e. The van der Waals surface area contributed by atoms with Gasteiger partial charge in [0, 0.05) is 50.9 Å². The molecular weight excluding hydrogens is 512 g/mol. The Morgan fingerprint density at radius 1 is 1.02 bits per heavy atom. The van der Waals surface area contributed by atoms with Crippen LogP contribution in [0.1, 0.15) is 59.7 Å². The number of benzene rings is 1. The molecule has 0 radical (unpaired) electrons. The highest BCUT2D eigenvalue weighted by molar-refractivity contribution is 6.03. The number of ether oxygens (including phenoxy) is 1. The fourth-order valence-electron chi connectivity index (χ4n) is 5.07. The van der Waals surface area contributed by atoms with Crippen LogP contribution in [0, 0.1) is 0 Å². The van der Waals surface area contributed by atoms with Gasteiger partial charge in [-0.05, 0) is 75.5 Å². The number of piperidine rings is 1. The van der Waals surface area contributed by atoms with Gasteiger partial charge in [0.1, 0.15) is 17.6 Å². The highest BCUT2D eigenvalue weighted by Gasteiger charge is 2.33. The zero-order chi connectivity index (χ0) is 28.5. The number of piperazine rings is 1. The molecule has 3 heterocycles. The molecule has 0 spiro atoms. The summed E-state index contributed by atoms with van der Waals surface area (Å²) in [4.78, 5) is 58.4. The van der Waals surface area contributed by atoms with E-state index in [1.807, 2.05) is 13.0 Å². The number of nitrogens with two attached hydrogens (primary N) is 1. The first-order valence-corrected chi connectivity index (χ1v) is 14.0. The lowest BCUT2D eigenvalue weighted by Crippen LogP contribution is -2.54. The number of aromatic nitrogens is 1. The molecule has 2 aliphatic rings. The van der Waals surface area contributed by atoms with Crippen LogP contribution >= 0.6 is 0 Å². The summed E-state index contributed by atoms with van der Waals surface area (Å²) in [6.07, 6.45) is 5.20. The van der Waals surface area contributed by atoms with Gasteiger partial charge in [-0.15, -0.1) is 0 Å². The summed E-state index contributed by atoms with van der Waals surface area (Å²) >= 11 is 0. The highest BCUT2D eigenvalue weighted by Crippen LogP contribution is 2.19. The van der Waals surface area contributed by atoms with E-state index < -0.39 is 17.9 Å². The Morgan fingerprint density at radius 3 is 2.38 bits per heavy atom. The molecule has 1 atom stereocenters. The van der Waals surface area contributed by atoms with Gasteiger partial charge in [-0.3, -0.25) is 29.4 Å². The highest BCUT2D eigenvalue weighted by atomic mass is 16.5. The van der Waals surface area contributed by atoms with Crippen LogP contribution in [0.3, 0.4) is 0 Å². The molecule has 2 saturated heterocycles. The van der Waals surface area contributed by atoms with Crippen LogP contribution in [-0.4, -0.2) is 90.3 Å². The van der Waals surface area contributed by atoms with Crippen LogP contribution < -0.4 is 20.7 Å². The van der Waals surface area contributed by atoms with Crippen LogP contribution in [0.2, 0.25) is 0 Å². The Balaban J connectivity index is 1.11. The van der Waals surface area contributed by atoms with Gasteiger partial charge < -0.3 is 20.3 Å². The zero-order valence-electron chi connectivity index (χ0n) is 23.0. The number of anilines is 1. The molecule has 3 N–H and O–H groups in total. The topological polar surface area (TPSA) is 138 Å². The monoisotopic (exact) mass is 550 g/mol. The summed E-state index contributed by atoms with van der Waals surface area (Å²) in [5.74, 6) is 0.159. The number of carbonyl (C=O) groups is 4. The number of carbonyl (C=O) groups excluding carboxylic acids is 4. The minimum Gasteiger partial charge on any atom is -0.494 e. The number of primary amides is 1. The third-order valence-electron chi connectivity index (χ3n) is 7.41. The van der Waals surface area contributed by atoms with Crippen LogP contribution in [0.25, 0.3) is 0 Å². The number of pyridine rings is 1. The molecule has 0 aliphatic carbocycles. The molecule has 1 unspecified atom stereocenters. The van der Waals surface area contributed by atoms with Crippen molar-refractivity contribution in [3.8, 4) is 5.75 Å². The molecule has 11 nitrogen and oxygen atoms in total. The van der Waals surface area contributed by atoms with Crippen LogP contribution in [0.5, 0.6) is 5.75 Å². The van der Waals surface area contributed by atoms with E-state index in [1.165, 1.54) is 11.1 Å². The summed E-state index contributed by atoms with van der Waals surface area (Å²) in [5.41, 5.74) is 6.19. The average Bonchev–Trinajstić information content (AvgIpc) is 2.97. The number of unbranched alkanes of at least 4 members (excludes halogenated alkanes) is 2. The number of amides is 4. The van der Waals surface area contributed by atoms with Crippen molar-refractivity contribution in [1.29, 1.82) is 0 Å². The van der Waals surface area contributed by atoms with Crippen molar-refractivity contribution >= 4 is 29.4 Å². The Labute approximate surface area is 234 Å². The van der Waals surface area contributed by atoms with Crippen molar-refractivity contribution in [2.24, 2.45) is 5.73 Å². The summed E-state index contributed by atoms with van der Waals surface area (Å²) in [7, 11) is 0. The number of nitrogens with one attached hydrogen (secondary N) is 1. The number of hydrogen-bond acceptors (Lipinski definition) is 8. The van der Waals surface area contributed by atoms with E-state index in [0.29, 0.717) is 36.4 Å². The van der Waals surface area contributed by atoms with Crippen molar-refractivity contribution < 1.29 is 23.9 Å². The summed E-state index contributed by atoms with van der Waals surface area (Å²) in [5, 5.41) is 2.32. The Bertz CT molecular complexity index is 1180. The maximum absolute atomic E-state index is 13.0. The Morgan fingerprint density at radius 2 is 1.75 bits per heavy atom. The minimum absolute atomic E-state index is 0.233. The van der Waals surface area contributed by atoms with Gasteiger partial charge in [-0.1, -0.05) is 0 Å². The van der Waals surface area contributed by atoms with Gasteiger partial charge in [-0.2, -0.15) is 0 Å². The molecule has 0 bridgehead atoms. The summed E-state index contributed by atoms with van der Waals surface area (Å²) in [6, 6.07) is 9.93. The molecule has 214 valence electrons. The molecule has 2 fully saturated rings. The lowest BCUT2D eigenvalue weighted by molar-refractivity contribution is -0.136. The summed E-state index contributed by atoms with van der Waals surface area (Å²) < 4.78 is 5.87. The van der Waals surface area contributed by atoms with Crippen molar-refractivity contribution in [3.05, 3.63) is 53.7 Å². The van der Waals surface area contributed by atoms with Crippen LogP contribution in [0.4, 0.5) is 5.82 Å². The molecule has 4 amide bonds.